The number of methoxy groups -OCH3 is 1. The molecule has 0 aromatic heterocycles. The number of para-hydroxylation sites is 1. The second kappa shape index (κ2) is 10.2. The van der Waals surface area contributed by atoms with E-state index in [-0.39, 0.29) is 18.5 Å². The van der Waals surface area contributed by atoms with Gasteiger partial charge >= 0.3 is 0 Å². The topological polar surface area (TPSA) is 107 Å². The molecule has 3 atom stereocenters. The molecule has 1 fully saturated rings. The van der Waals surface area contributed by atoms with Crippen molar-refractivity contribution >= 4 is 39.9 Å². The van der Waals surface area contributed by atoms with Gasteiger partial charge < -0.3 is 4.74 Å². The van der Waals surface area contributed by atoms with Gasteiger partial charge in [-0.1, -0.05) is 72.0 Å². The van der Waals surface area contributed by atoms with Crippen LogP contribution in [0.5, 0.6) is 5.75 Å². The molecular formula is C32H26N6O4. The number of nitrogens with zero attached hydrogens (tertiary/aromatic N) is 6. The highest BCUT2D eigenvalue weighted by molar-refractivity contribution is 6.25. The Hall–Kier alpha value is -5.38. The summed E-state index contributed by atoms with van der Waals surface area (Å²) in [7, 11) is 1.60. The molecule has 0 bridgehead atoms. The van der Waals surface area contributed by atoms with Gasteiger partial charge in [-0.2, -0.15) is 10.2 Å². The first-order valence-electron chi connectivity index (χ1n) is 13.6. The second-order valence-electron chi connectivity index (χ2n) is 10.4. The van der Waals surface area contributed by atoms with Crippen LogP contribution in [0.25, 0.3) is 10.8 Å². The van der Waals surface area contributed by atoms with Crippen molar-refractivity contribution in [3.05, 3.63) is 108 Å². The summed E-state index contributed by atoms with van der Waals surface area (Å²) >= 11 is 0. The predicted molar refractivity (Wildman–Crippen MR) is 156 cm³/mol. The number of carbonyl (C=O) groups is 3. The van der Waals surface area contributed by atoms with Crippen LogP contribution < -0.4 is 9.64 Å². The zero-order valence-electron chi connectivity index (χ0n) is 22.7. The Morgan fingerprint density at radius 3 is 2.38 bits per heavy atom. The number of imide groups is 1. The molecular weight excluding hydrogens is 532 g/mol. The molecule has 42 heavy (non-hydrogen) atoms. The number of fused-ring (bicyclic) bond motifs is 2. The minimum Gasteiger partial charge on any atom is -0.497 e. The highest BCUT2D eigenvalue weighted by atomic mass is 16.5. The summed E-state index contributed by atoms with van der Waals surface area (Å²) < 4.78 is 5.32. The Morgan fingerprint density at radius 1 is 0.881 bits per heavy atom. The van der Waals surface area contributed by atoms with Crippen molar-refractivity contribution in [3.63, 3.8) is 0 Å². The minimum atomic E-state index is -0.988. The normalized spacial score (nSPS) is 21.3. The lowest BCUT2D eigenvalue weighted by Gasteiger charge is -2.25. The number of hydrogen-bond donors (Lipinski definition) is 0. The number of amides is 3. The molecule has 0 aliphatic carbocycles. The van der Waals surface area contributed by atoms with Crippen LogP contribution in [0.1, 0.15) is 23.6 Å². The summed E-state index contributed by atoms with van der Waals surface area (Å²) in [6, 6.07) is 28.1. The lowest BCUT2D eigenvalue weighted by atomic mass is 9.97. The number of rotatable bonds is 6. The lowest BCUT2D eigenvalue weighted by Crippen LogP contribution is -2.44. The Balaban J connectivity index is 1.18. The highest BCUT2D eigenvalue weighted by Gasteiger charge is 2.55. The zero-order chi connectivity index (χ0) is 28.8. The molecule has 3 aliphatic rings. The third-order valence-electron chi connectivity index (χ3n) is 7.92. The molecule has 4 aromatic carbocycles. The summed E-state index contributed by atoms with van der Waals surface area (Å²) in [4.78, 5) is 41.4. The second-order valence-corrected chi connectivity index (χ2v) is 10.4. The van der Waals surface area contributed by atoms with Gasteiger partial charge in [-0.15, -0.1) is 0 Å². The summed E-state index contributed by atoms with van der Waals surface area (Å²) in [6.45, 7) is -0.256. The molecule has 3 aliphatic heterocycles. The Bertz CT molecular complexity index is 1770. The molecule has 0 spiro atoms. The monoisotopic (exact) mass is 558 g/mol. The summed E-state index contributed by atoms with van der Waals surface area (Å²) in [6.07, 6.45) is 0.503. The van der Waals surface area contributed by atoms with Crippen LogP contribution in [-0.2, 0) is 14.4 Å². The SMILES string of the molecule is COc1ccc([C@@H]2CC(c3ccc4ccccc4c3)=NN2C(=O)CN2N=N[C@H]3C(=O)N(c4ccccc4)C(=O)[C@H]32)cc1. The van der Waals surface area contributed by atoms with Gasteiger partial charge in [-0.05, 0) is 52.2 Å². The fraction of sp³-hybridized carbons (Fsp3) is 0.188. The molecule has 0 saturated carbocycles. The first-order valence-corrected chi connectivity index (χ1v) is 13.6. The molecule has 1 saturated heterocycles. The quantitative estimate of drug-likeness (QED) is 0.324. The zero-order valence-corrected chi connectivity index (χ0v) is 22.7. The van der Waals surface area contributed by atoms with Crippen molar-refractivity contribution in [2.75, 3.05) is 18.6 Å². The van der Waals surface area contributed by atoms with Gasteiger partial charge in [0.2, 0.25) is 0 Å². The van der Waals surface area contributed by atoms with E-state index in [2.05, 4.69) is 22.5 Å². The standard InChI is InChI=1S/C32H26N6O4/c1-42-25-15-13-21(14-16-25)27-18-26(23-12-11-20-7-5-6-8-22(20)17-23)34-38(27)28(39)19-36-30-29(33-35-36)31(40)37(32(30)41)24-9-3-2-4-10-24/h2-17,27,29-30H,18-19H2,1H3/t27-,29+,30-/m0/s1. The lowest BCUT2D eigenvalue weighted by molar-refractivity contribution is -0.135. The van der Waals surface area contributed by atoms with E-state index in [1.165, 1.54) is 10.0 Å². The van der Waals surface area contributed by atoms with Crippen LogP contribution in [-0.4, -0.2) is 59.2 Å². The Morgan fingerprint density at radius 2 is 1.62 bits per heavy atom. The van der Waals surface area contributed by atoms with Crippen LogP contribution in [0, 0.1) is 0 Å². The van der Waals surface area contributed by atoms with E-state index in [1.807, 2.05) is 60.7 Å². The number of anilines is 1. The molecule has 10 heteroatoms. The number of carbonyl (C=O) groups excluding carboxylic acids is 3. The highest BCUT2D eigenvalue weighted by Crippen LogP contribution is 2.36. The number of benzene rings is 4. The van der Waals surface area contributed by atoms with Gasteiger partial charge in [0.15, 0.2) is 12.1 Å². The van der Waals surface area contributed by atoms with Crippen LogP contribution in [0.2, 0.25) is 0 Å². The van der Waals surface area contributed by atoms with Crippen molar-refractivity contribution in [2.24, 2.45) is 15.4 Å². The van der Waals surface area contributed by atoms with Crippen LogP contribution in [0.3, 0.4) is 0 Å². The van der Waals surface area contributed by atoms with E-state index in [4.69, 9.17) is 9.84 Å². The minimum absolute atomic E-state index is 0.256. The largest absolute Gasteiger partial charge is 0.497 e. The van der Waals surface area contributed by atoms with Crippen molar-refractivity contribution in [1.29, 1.82) is 0 Å². The number of hydrazone groups is 1. The summed E-state index contributed by atoms with van der Waals surface area (Å²) in [5, 5.41) is 17.9. The third kappa shape index (κ3) is 4.28. The van der Waals surface area contributed by atoms with Gasteiger partial charge in [-0.25, -0.2) is 9.91 Å². The molecule has 3 amide bonds. The van der Waals surface area contributed by atoms with E-state index in [9.17, 15) is 14.4 Å². The average Bonchev–Trinajstić information content (AvgIpc) is 3.72. The average molecular weight is 559 g/mol. The summed E-state index contributed by atoms with van der Waals surface area (Å²) in [5.74, 6) is -0.558. The fourth-order valence-electron chi connectivity index (χ4n) is 5.77. The van der Waals surface area contributed by atoms with Crippen LogP contribution >= 0.6 is 0 Å². The van der Waals surface area contributed by atoms with Gasteiger partial charge in [0.1, 0.15) is 12.3 Å². The molecule has 3 heterocycles. The van der Waals surface area contributed by atoms with E-state index in [0.29, 0.717) is 17.9 Å². The first kappa shape index (κ1) is 25.6. The molecule has 0 N–H and O–H groups in total. The number of hydrogen-bond acceptors (Lipinski definition) is 8. The fourth-order valence-corrected chi connectivity index (χ4v) is 5.77. The van der Waals surface area contributed by atoms with Gasteiger partial charge in [0.25, 0.3) is 17.7 Å². The maximum atomic E-state index is 13.9. The van der Waals surface area contributed by atoms with E-state index in [0.717, 1.165) is 32.5 Å². The molecule has 0 radical (unpaired) electrons. The Kier molecular flexibility index (Phi) is 6.23. The molecule has 7 rings (SSSR count). The predicted octanol–water partition coefficient (Wildman–Crippen LogP) is 4.52. The molecule has 208 valence electrons. The van der Waals surface area contributed by atoms with Crippen LogP contribution in [0.4, 0.5) is 5.69 Å². The smallest absolute Gasteiger partial charge is 0.264 e. The van der Waals surface area contributed by atoms with E-state index in [1.54, 1.807) is 31.4 Å². The van der Waals surface area contributed by atoms with Crippen molar-refractivity contribution in [1.82, 2.24) is 10.0 Å². The molecule has 4 aromatic rings. The number of ether oxygens (including phenoxy) is 1. The van der Waals surface area contributed by atoms with Gasteiger partial charge in [0, 0.05) is 6.42 Å². The van der Waals surface area contributed by atoms with Crippen molar-refractivity contribution < 1.29 is 19.1 Å². The van der Waals surface area contributed by atoms with Crippen molar-refractivity contribution in [3.8, 4) is 5.75 Å². The van der Waals surface area contributed by atoms with Gasteiger partial charge in [0.05, 0.1) is 24.6 Å². The third-order valence-corrected chi connectivity index (χ3v) is 7.92. The maximum Gasteiger partial charge on any atom is 0.264 e. The maximum absolute atomic E-state index is 13.9. The van der Waals surface area contributed by atoms with E-state index >= 15 is 0 Å². The van der Waals surface area contributed by atoms with Crippen molar-refractivity contribution in [2.45, 2.75) is 24.5 Å². The first-order chi connectivity index (χ1) is 20.5. The van der Waals surface area contributed by atoms with Gasteiger partial charge in [-0.3, -0.25) is 19.4 Å². The Labute approximate surface area is 241 Å². The molecule has 0 unspecified atom stereocenters. The van der Waals surface area contributed by atoms with E-state index < -0.39 is 23.9 Å². The summed E-state index contributed by atoms with van der Waals surface area (Å²) in [5.41, 5.74) is 3.07. The van der Waals surface area contributed by atoms with Crippen LogP contribution in [0.15, 0.2) is 113 Å². The molecule has 10 nitrogen and oxygen atoms in total.